The van der Waals surface area contributed by atoms with Crippen molar-refractivity contribution in [3.63, 3.8) is 0 Å². The summed E-state index contributed by atoms with van der Waals surface area (Å²) in [5.74, 6) is 0. The van der Waals surface area contributed by atoms with Gasteiger partial charge in [0, 0.05) is 17.4 Å². The summed E-state index contributed by atoms with van der Waals surface area (Å²) in [5, 5.41) is 5.37. The van der Waals surface area contributed by atoms with Crippen LogP contribution >= 0.6 is 0 Å². The maximum Gasteiger partial charge on any atom is 0.411 e. The Bertz CT molecular complexity index is 1070. The lowest BCUT2D eigenvalue weighted by molar-refractivity contribution is 0.186. The number of benzene rings is 3. The third-order valence-electron chi connectivity index (χ3n) is 4.91. The van der Waals surface area contributed by atoms with Crippen LogP contribution in [0.3, 0.4) is 0 Å². The average molecular weight is 446 g/mol. The van der Waals surface area contributed by atoms with Gasteiger partial charge in [-0.25, -0.2) is 9.59 Å². The minimum absolute atomic E-state index is 0.267. The minimum atomic E-state index is -0.553. The van der Waals surface area contributed by atoms with E-state index >= 15 is 0 Å². The monoisotopic (exact) mass is 445 g/mol. The lowest BCUT2D eigenvalue weighted by Crippen LogP contribution is -2.20. The number of carbonyl (C=O) groups is 2. The second-order valence-electron chi connectivity index (χ2n) is 7.33. The largest absolute Gasteiger partial charge is 0.453 e. The van der Waals surface area contributed by atoms with Gasteiger partial charge in [0.05, 0.1) is 14.2 Å². The van der Waals surface area contributed by atoms with E-state index in [0.29, 0.717) is 17.8 Å². The SMILES string of the molecule is COC(=O)Nc1cccc(C(=CC(N)Cc2ccccc2)c2cccc(NC(=O)OC)c2)c1. The van der Waals surface area contributed by atoms with Crippen molar-refractivity contribution in [1.29, 1.82) is 0 Å². The highest BCUT2D eigenvalue weighted by Gasteiger charge is 2.12. The van der Waals surface area contributed by atoms with Crippen molar-refractivity contribution >= 4 is 29.1 Å². The van der Waals surface area contributed by atoms with Gasteiger partial charge in [-0.05, 0) is 52.9 Å². The third kappa shape index (κ3) is 6.95. The van der Waals surface area contributed by atoms with Gasteiger partial charge in [-0.15, -0.1) is 0 Å². The first-order chi connectivity index (χ1) is 16.0. The summed E-state index contributed by atoms with van der Waals surface area (Å²) in [4.78, 5) is 23.3. The van der Waals surface area contributed by atoms with Gasteiger partial charge in [0.2, 0.25) is 0 Å². The fourth-order valence-electron chi connectivity index (χ4n) is 3.39. The zero-order chi connectivity index (χ0) is 23.6. The van der Waals surface area contributed by atoms with Crippen molar-refractivity contribution in [3.8, 4) is 0 Å². The van der Waals surface area contributed by atoms with Crippen molar-refractivity contribution in [2.24, 2.45) is 5.73 Å². The molecule has 0 saturated heterocycles. The number of hydrogen-bond donors (Lipinski definition) is 3. The normalized spacial score (nSPS) is 11.1. The number of rotatable bonds is 7. The first-order valence-electron chi connectivity index (χ1n) is 10.4. The van der Waals surface area contributed by atoms with Gasteiger partial charge in [-0.2, -0.15) is 0 Å². The van der Waals surface area contributed by atoms with Crippen LogP contribution in [0, 0.1) is 0 Å². The standard InChI is InChI=1S/C26H27N3O4/c1-32-25(30)28-22-12-6-10-19(15-22)24(17-21(27)14-18-8-4-3-5-9-18)20-11-7-13-23(16-20)29-26(31)33-2/h3-13,15-17,21H,14,27H2,1-2H3,(H,28,30)(H,29,31). The second-order valence-corrected chi connectivity index (χ2v) is 7.33. The summed E-state index contributed by atoms with van der Waals surface area (Å²) in [7, 11) is 2.62. The number of amides is 2. The van der Waals surface area contributed by atoms with E-state index < -0.39 is 12.2 Å². The fraction of sp³-hybridized carbons (Fsp3) is 0.154. The zero-order valence-electron chi connectivity index (χ0n) is 18.6. The van der Waals surface area contributed by atoms with Crippen LogP contribution in [0.2, 0.25) is 0 Å². The van der Waals surface area contributed by atoms with Crippen LogP contribution in [0.1, 0.15) is 16.7 Å². The van der Waals surface area contributed by atoms with Gasteiger partial charge in [-0.3, -0.25) is 10.6 Å². The molecule has 3 rings (SSSR count). The molecule has 33 heavy (non-hydrogen) atoms. The van der Waals surface area contributed by atoms with Crippen molar-refractivity contribution in [2.45, 2.75) is 12.5 Å². The molecule has 7 nitrogen and oxygen atoms in total. The Kier molecular flexibility index (Phi) is 8.21. The summed E-state index contributed by atoms with van der Waals surface area (Å²) in [6.07, 6.45) is 1.54. The molecule has 0 aliphatic rings. The van der Waals surface area contributed by atoms with E-state index in [-0.39, 0.29) is 6.04 Å². The molecule has 0 spiro atoms. The van der Waals surface area contributed by atoms with Crippen LogP contribution in [0.5, 0.6) is 0 Å². The number of carbonyl (C=O) groups excluding carboxylic acids is 2. The number of nitrogens with one attached hydrogen (secondary N) is 2. The molecular weight excluding hydrogens is 418 g/mol. The number of methoxy groups -OCH3 is 2. The molecule has 7 heteroatoms. The van der Waals surface area contributed by atoms with Crippen molar-refractivity contribution in [3.05, 3.63) is 102 Å². The minimum Gasteiger partial charge on any atom is -0.453 e. The lowest BCUT2D eigenvalue weighted by Gasteiger charge is -2.15. The van der Waals surface area contributed by atoms with Crippen LogP contribution in [-0.2, 0) is 15.9 Å². The van der Waals surface area contributed by atoms with Crippen LogP contribution in [0.4, 0.5) is 21.0 Å². The number of hydrogen-bond acceptors (Lipinski definition) is 5. The predicted molar refractivity (Wildman–Crippen MR) is 130 cm³/mol. The quantitative estimate of drug-likeness (QED) is 0.473. The third-order valence-corrected chi connectivity index (χ3v) is 4.91. The lowest BCUT2D eigenvalue weighted by atomic mass is 9.93. The van der Waals surface area contributed by atoms with Crippen LogP contribution < -0.4 is 16.4 Å². The van der Waals surface area contributed by atoms with Crippen LogP contribution in [0.25, 0.3) is 5.57 Å². The Labute approximate surface area is 193 Å². The first kappa shape index (κ1) is 23.6. The Morgan fingerprint density at radius 2 is 1.33 bits per heavy atom. The summed E-state index contributed by atoms with van der Waals surface area (Å²) >= 11 is 0. The maximum atomic E-state index is 11.7. The van der Waals surface area contributed by atoms with Gasteiger partial charge in [0.15, 0.2) is 0 Å². The Morgan fingerprint density at radius 3 is 1.82 bits per heavy atom. The fourth-order valence-corrected chi connectivity index (χ4v) is 3.39. The summed E-state index contributed by atoms with van der Waals surface area (Å²) in [6, 6.07) is 24.5. The number of nitrogens with two attached hydrogens (primary N) is 1. The van der Waals surface area contributed by atoms with Gasteiger partial charge in [0.1, 0.15) is 0 Å². The van der Waals surface area contributed by atoms with Gasteiger partial charge in [0.25, 0.3) is 0 Å². The van der Waals surface area contributed by atoms with E-state index in [9.17, 15) is 9.59 Å². The second kappa shape index (κ2) is 11.5. The van der Waals surface area contributed by atoms with Gasteiger partial charge >= 0.3 is 12.2 Å². The van der Waals surface area contributed by atoms with Gasteiger partial charge in [-0.1, -0.05) is 60.7 Å². The van der Waals surface area contributed by atoms with E-state index in [1.807, 2.05) is 72.8 Å². The first-order valence-corrected chi connectivity index (χ1v) is 10.4. The summed E-state index contributed by atoms with van der Waals surface area (Å²) < 4.78 is 9.39. The van der Waals surface area contributed by atoms with Crippen molar-refractivity contribution < 1.29 is 19.1 Å². The smallest absolute Gasteiger partial charge is 0.411 e. The molecule has 170 valence electrons. The Hall–Kier alpha value is -4.10. The van der Waals surface area contributed by atoms with Crippen molar-refractivity contribution in [1.82, 2.24) is 0 Å². The average Bonchev–Trinajstić information content (AvgIpc) is 2.83. The molecule has 2 amide bonds. The molecule has 3 aromatic rings. The Morgan fingerprint density at radius 1 is 0.818 bits per heavy atom. The van der Waals surface area contributed by atoms with E-state index in [1.54, 1.807) is 12.1 Å². The zero-order valence-corrected chi connectivity index (χ0v) is 18.6. The molecule has 0 radical (unpaired) electrons. The van der Waals surface area contributed by atoms with Crippen molar-refractivity contribution in [2.75, 3.05) is 24.9 Å². The number of ether oxygens (including phenoxy) is 2. The molecule has 3 aromatic carbocycles. The molecule has 0 fully saturated rings. The topological polar surface area (TPSA) is 103 Å². The molecule has 1 atom stereocenters. The summed E-state index contributed by atoms with van der Waals surface area (Å²) in [6.45, 7) is 0. The molecule has 0 aliphatic carbocycles. The molecule has 0 aromatic heterocycles. The summed E-state index contributed by atoms with van der Waals surface area (Å²) in [5.41, 5.74) is 11.4. The molecule has 0 saturated carbocycles. The van der Waals surface area contributed by atoms with Crippen LogP contribution in [0.15, 0.2) is 84.9 Å². The molecule has 4 N–H and O–H groups in total. The molecule has 0 heterocycles. The highest BCUT2D eigenvalue weighted by Crippen LogP contribution is 2.28. The highest BCUT2D eigenvalue weighted by atomic mass is 16.5. The number of anilines is 2. The van der Waals surface area contributed by atoms with E-state index in [1.165, 1.54) is 14.2 Å². The van der Waals surface area contributed by atoms with Gasteiger partial charge < -0.3 is 15.2 Å². The molecule has 1 unspecified atom stereocenters. The Balaban J connectivity index is 2.00. The maximum absolute atomic E-state index is 11.7. The van der Waals surface area contributed by atoms with E-state index in [0.717, 1.165) is 22.3 Å². The van der Waals surface area contributed by atoms with E-state index in [4.69, 9.17) is 15.2 Å². The predicted octanol–water partition coefficient (Wildman–Crippen LogP) is 5.04. The molecule has 0 bridgehead atoms. The molecule has 0 aliphatic heterocycles. The van der Waals surface area contributed by atoms with E-state index in [2.05, 4.69) is 10.6 Å². The molecular formula is C26H27N3O4. The van der Waals surface area contributed by atoms with Crippen LogP contribution in [-0.4, -0.2) is 32.4 Å². The highest BCUT2D eigenvalue weighted by molar-refractivity contribution is 5.89.